The van der Waals surface area contributed by atoms with Gasteiger partial charge in [-0.05, 0) is 43.0 Å². The second kappa shape index (κ2) is 6.14. The zero-order valence-electron chi connectivity index (χ0n) is 14.0. The first-order valence-electron chi connectivity index (χ1n) is 8.46. The monoisotopic (exact) mass is 398 g/mol. The number of rotatable bonds is 3. The van der Waals surface area contributed by atoms with Crippen molar-refractivity contribution in [2.45, 2.75) is 19.3 Å². The Morgan fingerprint density at radius 3 is 3.04 bits per heavy atom. The van der Waals surface area contributed by atoms with Crippen LogP contribution in [0.1, 0.15) is 16.9 Å². The molecule has 0 radical (unpaired) electrons. The summed E-state index contributed by atoms with van der Waals surface area (Å²) in [5.41, 5.74) is 2.82. The molecule has 0 amide bonds. The van der Waals surface area contributed by atoms with Gasteiger partial charge >= 0.3 is 10.8 Å². The maximum atomic E-state index is 11.5. The summed E-state index contributed by atoms with van der Waals surface area (Å²) in [5.74, 6) is -0.344. The van der Waals surface area contributed by atoms with E-state index in [1.807, 2.05) is 18.2 Å². The molecule has 0 spiro atoms. The minimum atomic E-state index is -0.735. The molecule has 3 aromatic heterocycles. The largest absolute Gasteiger partial charge is 0.481 e. The van der Waals surface area contributed by atoms with Gasteiger partial charge in [0, 0.05) is 10.6 Å². The Kier molecular flexibility index (Phi) is 3.73. The molecule has 0 saturated heterocycles. The van der Waals surface area contributed by atoms with Crippen molar-refractivity contribution in [1.29, 1.82) is 0 Å². The zero-order chi connectivity index (χ0) is 18.5. The maximum Gasteiger partial charge on any atom is 0.306 e. The van der Waals surface area contributed by atoms with Crippen molar-refractivity contribution in [3.63, 3.8) is 0 Å². The zero-order valence-corrected chi connectivity index (χ0v) is 15.6. The standard InChI is InChI=1S/C18H14N4O3S2/c23-17(24)8-1-3-10-12(5-8)26-16-14(10)15(19-7-20-16)21-9-2-4-11-13(6-9)27-18(25)22-11/h2,4,6-8H,1,3,5H2,(H,22,25)(H,23,24)(H,19,20,21). The SMILES string of the molecule is O=C(O)C1CCc2c(sc3ncnc(Nc4ccc5[nH]c(=O)sc5c4)c23)C1. The van der Waals surface area contributed by atoms with Crippen LogP contribution in [0, 0.1) is 5.92 Å². The van der Waals surface area contributed by atoms with Gasteiger partial charge in [0.2, 0.25) is 0 Å². The topological polar surface area (TPSA) is 108 Å². The molecule has 0 fully saturated rings. The Morgan fingerprint density at radius 1 is 1.30 bits per heavy atom. The molecule has 0 bridgehead atoms. The number of nitrogens with zero attached hydrogens (tertiary/aromatic N) is 2. The van der Waals surface area contributed by atoms with E-state index >= 15 is 0 Å². The third-order valence-electron chi connectivity index (χ3n) is 4.88. The third kappa shape index (κ3) is 2.79. The first-order chi connectivity index (χ1) is 13.1. The van der Waals surface area contributed by atoms with Crippen molar-refractivity contribution in [3.05, 3.63) is 44.6 Å². The molecule has 1 aliphatic carbocycles. The molecule has 4 aromatic rings. The number of aliphatic carboxylic acids is 1. The third-order valence-corrected chi connectivity index (χ3v) is 6.89. The van der Waals surface area contributed by atoms with Crippen LogP contribution in [0.25, 0.3) is 20.4 Å². The molecule has 3 heterocycles. The van der Waals surface area contributed by atoms with Gasteiger partial charge in [0.05, 0.1) is 21.5 Å². The molecular formula is C18H14N4O3S2. The van der Waals surface area contributed by atoms with Gasteiger partial charge in [0.1, 0.15) is 17.0 Å². The normalized spacial score (nSPS) is 16.5. The van der Waals surface area contributed by atoms with E-state index in [0.717, 1.165) is 36.6 Å². The molecule has 7 nitrogen and oxygen atoms in total. The number of fused-ring (bicyclic) bond motifs is 4. The van der Waals surface area contributed by atoms with Gasteiger partial charge in [-0.2, -0.15) is 0 Å². The summed E-state index contributed by atoms with van der Waals surface area (Å²) in [6.45, 7) is 0. The number of thiazole rings is 1. The van der Waals surface area contributed by atoms with Crippen LogP contribution in [-0.2, 0) is 17.6 Å². The lowest BCUT2D eigenvalue weighted by Crippen LogP contribution is -2.21. The molecule has 136 valence electrons. The summed E-state index contributed by atoms with van der Waals surface area (Å²) in [5, 5.41) is 13.6. The number of aryl methyl sites for hydroxylation is 1. The fourth-order valence-electron chi connectivity index (χ4n) is 3.58. The van der Waals surface area contributed by atoms with E-state index in [1.165, 1.54) is 17.7 Å². The van der Waals surface area contributed by atoms with Gasteiger partial charge in [-0.3, -0.25) is 9.59 Å². The highest BCUT2D eigenvalue weighted by atomic mass is 32.1. The fraction of sp³-hybridized carbons (Fsp3) is 0.222. The van der Waals surface area contributed by atoms with Crippen molar-refractivity contribution in [1.82, 2.24) is 15.0 Å². The Labute approximate surface area is 160 Å². The maximum absolute atomic E-state index is 11.5. The molecule has 1 aromatic carbocycles. The highest BCUT2D eigenvalue weighted by Gasteiger charge is 2.28. The smallest absolute Gasteiger partial charge is 0.306 e. The summed E-state index contributed by atoms with van der Waals surface area (Å²) < 4.78 is 0.881. The minimum absolute atomic E-state index is 0.0773. The van der Waals surface area contributed by atoms with Gasteiger partial charge in [0.15, 0.2) is 0 Å². The van der Waals surface area contributed by atoms with Gasteiger partial charge in [-0.15, -0.1) is 11.3 Å². The van der Waals surface area contributed by atoms with Crippen molar-refractivity contribution in [3.8, 4) is 0 Å². The van der Waals surface area contributed by atoms with Crippen molar-refractivity contribution in [2.24, 2.45) is 5.92 Å². The molecule has 1 aliphatic rings. The van der Waals surface area contributed by atoms with Crippen LogP contribution in [0.15, 0.2) is 29.3 Å². The first-order valence-corrected chi connectivity index (χ1v) is 10.1. The van der Waals surface area contributed by atoms with E-state index in [-0.39, 0.29) is 10.8 Å². The Balaban J connectivity index is 1.57. The number of benzene rings is 1. The predicted octanol–water partition coefficient (Wildman–Crippen LogP) is 3.53. The van der Waals surface area contributed by atoms with E-state index in [9.17, 15) is 14.7 Å². The molecule has 3 N–H and O–H groups in total. The summed E-state index contributed by atoms with van der Waals surface area (Å²) >= 11 is 2.72. The molecule has 0 saturated carbocycles. The van der Waals surface area contributed by atoms with Gasteiger partial charge in [0.25, 0.3) is 0 Å². The van der Waals surface area contributed by atoms with Gasteiger partial charge < -0.3 is 15.4 Å². The number of carbonyl (C=O) groups is 1. The van der Waals surface area contributed by atoms with E-state index in [2.05, 4.69) is 20.3 Å². The lowest BCUT2D eigenvalue weighted by Gasteiger charge is -2.18. The molecule has 5 rings (SSSR count). The van der Waals surface area contributed by atoms with E-state index < -0.39 is 5.97 Å². The van der Waals surface area contributed by atoms with Crippen LogP contribution < -0.4 is 10.2 Å². The Bertz CT molecular complexity index is 1260. The summed E-state index contributed by atoms with van der Waals surface area (Å²) in [4.78, 5) is 36.3. The number of hydrogen-bond acceptors (Lipinski definition) is 7. The quantitative estimate of drug-likeness (QED) is 0.487. The highest BCUT2D eigenvalue weighted by Crippen LogP contribution is 2.40. The number of anilines is 2. The Hall–Kier alpha value is -2.78. The van der Waals surface area contributed by atoms with Crippen LogP contribution in [0.2, 0.25) is 0 Å². The number of aromatic nitrogens is 3. The fourth-order valence-corrected chi connectivity index (χ4v) is 5.62. The second-order valence-corrected chi connectivity index (χ2v) is 8.63. The lowest BCUT2D eigenvalue weighted by molar-refractivity contribution is -0.142. The van der Waals surface area contributed by atoms with Gasteiger partial charge in [-0.25, -0.2) is 9.97 Å². The minimum Gasteiger partial charge on any atom is -0.481 e. The Morgan fingerprint density at radius 2 is 2.19 bits per heavy atom. The lowest BCUT2D eigenvalue weighted by atomic mass is 9.88. The average Bonchev–Trinajstić information content (AvgIpc) is 3.20. The number of carboxylic acid groups (broad SMARTS) is 1. The number of carboxylic acids is 1. The number of H-pyrrole nitrogens is 1. The first kappa shape index (κ1) is 16.4. The highest BCUT2D eigenvalue weighted by molar-refractivity contribution is 7.19. The van der Waals surface area contributed by atoms with Crippen LogP contribution in [0.4, 0.5) is 11.5 Å². The number of aromatic amines is 1. The van der Waals surface area contributed by atoms with E-state index in [4.69, 9.17) is 0 Å². The predicted molar refractivity (Wildman–Crippen MR) is 106 cm³/mol. The van der Waals surface area contributed by atoms with Crippen LogP contribution >= 0.6 is 22.7 Å². The molecule has 0 aliphatic heterocycles. The number of nitrogens with one attached hydrogen (secondary N) is 2. The summed E-state index contributed by atoms with van der Waals surface area (Å²) in [7, 11) is 0. The van der Waals surface area contributed by atoms with Crippen LogP contribution in [-0.4, -0.2) is 26.0 Å². The van der Waals surface area contributed by atoms with E-state index in [0.29, 0.717) is 25.1 Å². The summed E-state index contributed by atoms with van der Waals surface area (Å²) in [6, 6.07) is 5.69. The molecule has 9 heteroatoms. The second-order valence-electron chi connectivity index (χ2n) is 6.53. The number of hydrogen-bond donors (Lipinski definition) is 3. The van der Waals surface area contributed by atoms with Crippen LogP contribution in [0.3, 0.4) is 0 Å². The molecule has 1 unspecified atom stereocenters. The van der Waals surface area contributed by atoms with E-state index in [1.54, 1.807) is 11.3 Å². The van der Waals surface area contributed by atoms with Crippen LogP contribution in [0.5, 0.6) is 0 Å². The number of thiophene rings is 1. The average molecular weight is 398 g/mol. The summed E-state index contributed by atoms with van der Waals surface area (Å²) in [6.07, 6.45) is 3.42. The van der Waals surface area contributed by atoms with Crippen molar-refractivity contribution < 1.29 is 9.90 Å². The van der Waals surface area contributed by atoms with Gasteiger partial charge in [-0.1, -0.05) is 11.3 Å². The van der Waals surface area contributed by atoms with Crippen molar-refractivity contribution >= 4 is 60.6 Å². The molecular weight excluding hydrogens is 384 g/mol. The molecule has 27 heavy (non-hydrogen) atoms. The van der Waals surface area contributed by atoms with Crippen molar-refractivity contribution in [2.75, 3.05) is 5.32 Å². The molecule has 1 atom stereocenters.